The Morgan fingerprint density at radius 1 is 1.11 bits per heavy atom. The molecule has 1 spiro atoms. The summed E-state index contributed by atoms with van der Waals surface area (Å²) in [5.41, 5.74) is 4.14. The summed E-state index contributed by atoms with van der Waals surface area (Å²) in [5, 5.41) is 12.3. The first kappa shape index (κ1) is 23.0. The average molecular weight is 479 g/mol. The maximum Gasteiger partial charge on any atom is 0.0765 e. The van der Waals surface area contributed by atoms with E-state index >= 15 is 0 Å². The molecule has 1 N–H and O–H groups in total. The van der Waals surface area contributed by atoms with E-state index in [2.05, 4.69) is 54.2 Å². The first-order valence-corrected chi connectivity index (χ1v) is 14.8. The normalized spacial score (nSPS) is 51.5. The smallest absolute Gasteiger partial charge is 0.0765 e. The Morgan fingerprint density at radius 2 is 2.00 bits per heavy atom. The molecule has 3 heterocycles. The van der Waals surface area contributed by atoms with Gasteiger partial charge in [-0.25, -0.2) is 4.68 Å². The second-order valence-corrected chi connectivity index (χ2v) is 14.0. The lowest BCUT2D eigenvalue weighted by Gasteiger charge is -2.54. The number of hydrogen-bond donors (Lipinski definition) is 1. The molecular formula is C30H46N4O. The fraction of sp³-hybridized carbons (Fsp3) is 0.867. The minimum absolute atomic E-state index is 0.0697. The first-order valence-electron chi connectivity index (χ1n) is 14.8. The predicted octanol–water partition coefficient (Wildman–Crippen LogP) is 5.94. The average Bonchev–Trinajstić information content (AvgIpc) is 3.53. The van der Waals surface area contributed by atoms with Crippen LogP contribution in [0.1, 0.15) is 97.9 Å². The maximum absolute atomic E-state index is 7.07. The van der Waals surface area contributed by atoms with E-state index in [1.807, 2.05) is 11.8 Å². The van der Waals surface area contributed by atoms with Crippen molar-refractivity contribution in [3.63, 3.8) is 0 Å². The number of allylic oxidation sites excluding steroid dienone is 1. The highest BCUT2D eigenvalue weighted by atomic mass is 16.5. The van der Waals surface area contributed by atoms with Crippen LogP contribution in [0.3, 0.4) is 0 Å². The van der Waals surface area contributed by atoms with Crippen molar-refractivity contribution in [1.29, 1.82) is 0 Å². The van der Waals surface area contributed by atoms with E-state index in [1.54, 1.807) is 5.57 Å². The van der Waals surface area contributed by atoms with Gasteiger partial charge in [-0.15, -0.1) is 5.10 Å². The minimum atomic E-state index is 0.0697. The van der Waals surface area contributed by atoms with Gasteiger partial charge in [-0.05, 0) is 113 Å². The summed E-state index contributed by atoms with van der Waals surface area (Å²) in [7, 11) is 0. The minimum Gasteiger partial charge on any atom is -0.369 e. The molecule has 2 saturated heterocycles. The number of rotatable bonds is 1. The second kappa shape index (κ2) is 8.15. The van der Waals surface area contributed by atoms with E-state index in [-0.39, 0.29) is 5.60 Å². The van der Waals surface area contributed by atoms with Crippen molar-refractivity contribution < 1.29 is 4.74 Å². The largest absolute Gasteiger partial charge is 0.369 e. The van der Waals surface area contributed by atoms with E-state index in [0.29, 0.717) is 29.5 Å². The summed E-state index contributed by atoms with van der Waals surface area (Å²) < 4.78 is 9.22. The van der Waals surface area contributed by atoms with Gasteiger partial charge >= 0.3 is 0 Å². The molecule has 5 heteroatoms. The van der Waals surface area contributed by atoms with E-state index < -0.39 is 0 Å². The fourth-order valence-corrected chi connectivity index (χ4v) is 10.5. The highest BCUT2D eigenvalue weighted by Crippen LogP contribution is 2.66. The van der Waals surface area contributed by atoms with Crippen LogP contribution in [0.4, 0.5) is 0 Å². The molecule has 7 rings (SSSR count). The summed E-state index contributed by atoms with van der Waals surface area (Å²) in [6, 6.07) is 1.12. The standard InChI is InChI=1S/C30H46N4O/c1-18-13-27-28(31-17-18)20(3)30(35-27)10-8-23-24-6-5-21-14-22(34-12-11-32-33-34)7-9-29(21,4)26(24)15-25(23)19(2)16-30/h11-12,18,20-24,26-28,31H,5-10,13-17H2,1-4H3/t18-,20+,21+,22-,23-,24?,26-,27?,28?,29-,30?/m0/s1. The van der Waals surface area contributed by atoms with Gasteiger partial charge in [0.15, 0.2) is 0 Å². The molecule has 5 nitrogen and oxygen atoms in total. The zero-order chi connectivity index (χ0) is 23.9. The molecular weight excluding hydrogens is 432 g/mol. The summed E-state index contributed by atoms with van der Waals surface area (Å²) in [5.74, 6) is 4.79. The molecule has 4 unspecified atom stereocenters. The Hall–Kier alpha value is -1.20. The topological polar surface area (TPSA) is 52.0 Å². The third-order valence-electron chi connectivity index (χ3n) is 12.4. The van der Waals surface area contributed by atoms with Crippen molar-refractivity contribution in [3.8, 4) is 0 Å². The molecule has 11 atom stereocenters. The number of nitrogens with one attached hydrogen (secondary N) is 1. The van der Waals surface area contributed by atoms with Crippen LogP contribution in [-0.2, 0) is 4.74 Å². The van der Waals surface area contributed by atoms with Gasteiger partial charge in [0.05, 0.1) is 23.9 Å². The Morgan fingerprint density at radius 3 is 2.83 bits per heavy atom. The molecule has 2 aliphatic heterocycles. The number of fused-ring (bicyclic) bond motifs is 6. The lowest BCUT2D eigenvalue weighted by atomic mass is 9.52. The zero-order valence-corrected chi connectivity index (χ0v) is 22.4. The number of nitrogens with zero attached hydrogens (tertiary/aromatic N) is 3. The molecule has 4 aliphatic carbocycles. The Kier molecular flexibility index (Phi) is 5.34. The van der Waals surface area contributed by atoms with Gasteiger partial charge in [0.1, 0.15) is 0 Å². The third-order valence-corrected chi connectivity index (χ3v) is 12.4. The quantitative estimate of drug-likeness (QED) is 0.507. The van der Waals surface area contributed by atoms with Crippen molar-refractivity contribution in [2.24, 2.45) is 40.9 Å². The molecule has 3 saturated carbocycles. The summed E-state index contributed by atoms with van der Waals surface area (Å²) in [4.78, 5) is 0. The maximum atomic E-state index is 7.07. The molecule has 0 radical (unpaired) electrons. The fourth-order valence-electron chi connectivity index (χ4n) is 10.5. The first-order chi connectivity index (χ1) is 16.9. The van der Waals surface area contributed by atoms with Gasteiger partial charge < -0.3 is 10.1 Å². The number of ether oxygens (including phenoxy) is 1. The predicted molar refractivity (Wildman–Crippen MR) is 138 cm³/mol. The number of piperidine rings is 1. The van der Waals surface area contributed by atoms with Crippen LogP contribution in [0.15, 0.2) is 23.5 Å². The number of aromatic nitrogens is 3. The van der Waals surface area contributed by atoms with Crippen molar-refractivity contribution >= 4 is 0 Å². The van der Waals surface area contributed by atoms with Crippen LogP contribution in [-0.4, -0.2) is 39.3 Å². The highest BCUT2D eigenvalue weighted by Gasteiger charge is 2.59. The van der Waals surface area contributed by atoms with Crippen LogP contribution in [0.2, 0.25) is 0 Å². The Bertz CT molecular complexity index is 988. The SMILES string of the molecule is CC1=C2C[C@H]3C(CC[C@@H]4C[C@@H](n5ccnn5)CC[C@@]43C)[C@@H]2CCC2(C1)OC1C[C@H](C)CNC1[C@H]2C. The van der Waals surface area contributed by atoms with Gasteiger partial charge in [0.2, 0.25) is 0 Å². The van der Waals surface area contributed by atoms with Crippen LogP contribution >= 0.6 is 0 Å². The van der Waals surface area contributed by atoms with Crippen molar-refractivity contribution in [2.75, 3.05) is 6.54 Å². The van der Waals surface area contributed by atoms with E-state index in [0.717, 1.165) is 36.1 Å². The molecule has 192 valence electrons. The van der Waals surface area contributed by atoms with Crippen LogP contribution in [0.5, 0.6) is 0 Å². The number of hydrogen-bond acceptors (Lipinski definition) is 4. The Balaban J connectivity index is 1.13. The van der Waals surface area contributed by atoms with E-state index in [1.165, 1.54) is 64.2 Å². The van der Waals surface area contributed by atoms with E-state index in [9.17, 15) is 0 Å². The lowest BCUT2D eigenvalue weighted by molar-refractivity contribution is -0.0753. The summed E-state index contributed by atoms with van der Waals surface area (Å²) in [6.45, 7) is 11.2. The van der Waals surface area contributed by atoms with E-state index in [4.69, 9.17) is 4.74 Å². The van der Waals surface area contributed by atoms with Crippen molar-refractivity contribution in [2.45, 2.75) is 116 Å². The van der Waals surface area contributed by atoms with Gasteiger partial charge in [0.25, 0.3) is 0 Å². The molecule has 35 heavy (non-hydrogen) atoms. The van der Waals surface area contributed by atoms with Gasteiger partial charge in [-0.2, -0.15) is 0 Å². The molecule has 1 aromatic heterocycles. The van der Waals surface area contributed by atoms with Gasteiger partial charge in [-0.1, -0.05) is 37.1 Å². The summed E-state index contributed by atoms with van der Waals surface area (Å²) in [6.07, 6.45) is 17.5. The van der Waals surface area contributed by atoms with Crippen LogP contribution in [0.25, 0.3) is 0 Å². The molecule has 0 aromatic carbocycles. The van der Waals surface area contributed by atoms with Crippen molar-refractivity contribution in [3.05, 3.63) is 23.5 Å². The molecule has 0 bridgehead atoms. The zero-order valence-electron chi connectivity index (χ0n) is 22.4. The van der Waals surface area contributed by atoms with Crippen LogP contribution in [0, 0.1) is 40.9 Å². The summed E-state index contributed by atoms with van der Waals surface area (Å²) >= 11 is 0. The van der Waals surface area contributed by atoms with Crippen LogP contribution < -0.4 is 5.32 Å². The molecule has 1 aromatic rings. The highest BCUT2D eigenvalue weighted by molar-refractivity contribution is 5.29. The molecule has 6 aliphatic rings. The molecule has 0 amide bonds. The Labute approximate surface area is 211 Å². The second-order valence-electron chi connectivity index (χ2n) is 14.0. The monoisotopic (exact) mass is 478 g/mol. The molecule has 5 fully saturated rings. The van der Waals surface area contributed by atoms with Gasteiger partial charge in [-0.3, -0.25) is 0 Å². The van der Waals surface area contributed by atoms with Gasteiger partial charge in [0, 0.05) is 18.2 Å². The lowest BCUT2D eigenvalue weighted by Crippen LogP contribution is -2.48. The third kappa shape index (κ3) is 3.39. The van der Waals surface area contributed by atoms with Crippen molar-refractivity contribution in [1.82, 2.24) is 20.3 Å².